The second-order valence-corrected chi connectivity index (χ2v) is 6.12. The van der Waals surface area contributed by atoms with E-state index in [9.17, 15) is 0 Å². The Morgan fingerprint density at radius 2 is 1.93 bits per heavy atom. The van der Waals surface area contributed by atoms with E-state index in [0.717, 1.165) is 19.8 Å². The van der Waals surface area contributed by atoms with Crippen LogP contribution >= 0.6 is 0 Å². The van der Waals surface area contributed by atoms with Crippen LogP contribution in [0.25, 0.3) is 0 Å². The van der Waals surface area contributed by atoms with Crippen LogP contribution < -0.4 is 0 Å². The van der Waals surface area contributed by atoms with Crippen LogP contribution in [0, 0.1) is 11.3 Å². The van der Waals surface area contributed by atoms with E-state index < -0.39 is 0 Å². The van der Waals surface area contributed by atoms with Gasteiger partial charge in [-0.15, -0.1) is 0 Å². The summed E-state index contributed by atoms with van der Waals surface area (Å²) in [6.07, 6.45) is 5.01. The molecule has 0 aliphatic carbocycles. The van der Waals surface area contributed by atoms with E-state index in [2.05, 4.69) is 20.8 Å². The lowest BCUT2D eigenvalue weighted by molar-refractivity contribution is -0.129. The minimum absolute atomic E-state index is 0.0996. The number of rotatable bonds is 1. The molecule has 0 N–H and O–H groups in total. The molecular weight excluding hydrogens is 188 g/mol. The monoisotopic (exact) mass is 212 g/mol. The standard InChI is InChI=1S/C13H24O2/c1-12(2)7-5-11(9-15-12)13(3)6-4-8-14-10-13/h11H,4-10H2,1-3H3/t11-,13-/m0/s1. The van der Waals surface area contributed by atoms with Gasteiger partial charge in [0.1, 0.15) is 0 Å². The second-order valence-electron chi connectivity index (χ2n) is 6.12. The van der Waals surface area contributed by atoms with Crippen molar-refractivity contribution in [3.8, 4) is 0 Å². The molecule has 15 heavy (non-hydrogen) atoms. The average molecular weight is 212 g/mol. The number of hydrogen-bond donors (Lipinski definition) is 0. The number of hydrogen-bond acceptors (Lipinski definition) is 2. The first-order valence-corrected chi connectivity index (χ1v) is 6.24. The van der Waals surface area contributed by atoms with Crippen LogP contribution in [-0.4, -0.2) is 25.4 Å². The Morgan fingerprint density at radius 3 is 2.47 bits per heavy atom. The van der Waals surface area contributed by atoms with Crippen LogP contribution in [-0.2, 0) is 9.47 Å². The van der Waals surface area contributed by atoms with Gasteiger partial charge in [0, 0.05) is 6.61 Å². The Hall–Kier alpha value is -0.0800. The fraction of sp³-hybridized carbons (Fsp3) is 1.00. The van der Waals surface area contributed by atoms with Crippen molar-refractivity contribution in [3.63, 3.8) is 0 Å². The van der Waals surface area contributed by atoms with E-state index in [1.807, 2.05) is 0 Å². The first kappa shape index (κ1) is 11.4. The summed E-state index contributed by atoms with van der Waals surface area (Å²) in [6, 6.07) is 0. The summed E-state index contributed by atoms with van der Waals surface area (Å²) in [5.74, 6) is 0.700. The smallest absolute Gasteiger partial charge is 0.0626 e. The lowest BCUT2D eigenvalue weighted by Gasteiger charge is -2.45. The number of ether oxygens (including phenoxy) is 2. The maximum atomic E-state index is 5.94. The molecule has 2 saturated heterocycles. The Labute approximate surface area is 93.3 Å². The zero-order valence-corrected chi connectivity index (χ0v) is 10.3. The molecule has 2 fully saturated rings. The van der Waals surface area contributed by atoms with Gasteiger partial charge in [-0.1, -0.05) is 6.92 Å². The molecule has 2 heterocycles. The SMILES string of the molecule is CC1(C)CC[C@H]([C@@]2(C)CCCOC2)CO1. The maximum absolute atomic E-state index is 5.94. The van der Waals surface area contributed by atoms with Gasteiger partial charge in [-0.25, -0.2) is 0 Å². The van der Waals surface area contributed by atoms with Gasteiger partial charge in [-0.3, -0.25) is 0 Å². The third-order valence-electron chi connectivity index (χ3n) is 4.22. The maximum Gasteiger partial charge on any atom is 0.0626 e. The van der Waals surface area contributed by atoms with Crippen molar-refractivity contribution in [2.45, 2.75) is 52.1 Å². The summed E-state index contributed by atoms with van der Waals surface area (Å²) in [6.45, 7) is 9.58. The molecule has 2 rings (SSSR count). The minimum Gasteiger partial charge on any atom is -0.381 e. The molecule has 2 atom stereocenters. The summed E-state index contributed by atoms with van der Waals surface area (Å²) in [7, 11) is 0. The van der Waals surface area contributed by atoms with Crippen molar-refractivity contribution in [3.05, 3.63) is 0 Å². The third kappa shape index (κ3) is 2.54. The van der Waals surface area contributed by atoms with E-state index in [0.29, 0.717) is 11.3 Å². The van der Waals surface area contributed by atoms with E-state index in [1.54, 1.807) is 0 Å². The molecule has 2 nitrogen and oxygen atoms in total. The van der Waals surface area contributed by atoms with Crippen molar-refractivity contribution in [2.24, 2.45) is 11.3 Å². The molecule has 0 radical (unpaired) electrons. The molecule has 2 aliphatic rings. The van der Waals surface area contributed by atoms with Gasteiger partial charge in [-0.2, -0.15) is 0 Å². The molecule has 0 aromatic carbocycles. The van der Waals surface area contributed by atoms with Gasteiger partial charge in [0.2, 0.25) is 0 Å². The van der Waals surface area contributed by atoms with Crippen LogP contribution in [0.15, 0.2) is 0 Å². The molecule has 0 spiro atoms. The fourth-order valence-electron chi connectivity index (χ4n) is 2.83. The predicted octanol–water partition coefficient (Wildman–Crippen LogP) is 3.01. The first-order chi connectivity index (χ1) is 7.02. The molecule has 0 bridgehead atoms. The Balaban J connectivity index is 1.94. The summed E-state index contributed by atoms with van der Waals surface area (Å²) in [4.78, 5) is 0. The molecule has 0 amide bonds. The van der Waals surface area contributed by atoms with Crippen molar-refractivity contribution >= 4 is 0 Å². The van der Waals surface area contributed by atoms with Crippen molar-refractivity contribution in [1.29, 1.82) is 0 Å². The Kier molecular flexibility index (Phi) is 3.09. The van der Waals surface area contributed by atoms with Gasteiger partial charge in [0.05, 0.1) is 18.8 Å². The lowest BCUT2D eigenvalue weighted by Crippen LogP contribution is -2.44. The van der Waals surface area contributed by atoms with Crippen LogP contribution in [0.5, 0.6) is 0 Å². The second kappa shape index (κ2) is 4.06. The fourth-order valence-corrected chi connectivity index (χ4v) is 2.83. The van der Waals surface area contributed by atoms with E-state index in [-0.39, 0.29) is 5.60 Å². The highest BCUT2D eigenvalue weighted by atomic mass is 16.5. The summed E-state index contributed by atoms with van der Waals surface area (Å²) < 4.78 is 11.6. The highest BCUT2D eigenvalue weighted by Gasteiger charge is 2.40. The minimum atomic E-state index is 0.0996. The van der Waals surface area contributed by atoms with Crippen molar-refractivity contribution in [2.75, 3.05) is 19.8 Å². The normalized spacial score (nSPS) is 41.4. The molecule has 0 unspecified atom stereocenters. The van der Waals surface area contributed by atoms with Crippen molar-refractivity contribution < 1.29 is 9.47 Å². The van der Waals surface area contributed by atoms with E-state index in [4.69, 9.17) is 9.47 Å². The van der Waals surface area contributed by atoms with Gasteiger partial charge in [0.25, 0.3) is 0 Å². The van der Waals surface area contributed by atoms with E-state index >= 15 is 0 Å². The quantitative estimate of drug-likeness (QED) is 0.665. The summed E-state index contributed by atoms with van der Waals surface area (Å²) >= 11 is 0. The summed E-state index contributed by atoms with van der Waals surface area (Å²) in [5.41, 5.74) is 0.469. The van der Waals surface area contributed by atoms with Crippen LogP contribution in [0.3, 0.4) is 0 Å². The van der Waals surface area contributed by atoms with E-state index in [1.165, 1.54) is 25.7 Å². The molecule has 88 valence electrons. The molecule has 0 aromatic rings. The third-order valence-corrected chi connectivity index (χ3v) is 4.22. The Morgan fingerprint density at radius 1 is 1.13 bits per heavy atom. The topological polar surface area (TPSA) is 18.5 Å². The Bertz CT molecular complexity index is 207. The zero-order valence-electron chi connectivity index (χ0n) is 10.3. The highest BCUT2D eigenvalue weighted by Crippen LogP contribution is 2.42. The summed E-state index contributed by atoms with van der Waals surface area (Å²) in [5, 5.41) is 0. The van der Waals surface area contributed by atoms with Gasteiger partial charge < -0.3 is 9.47 Å². The molecule has 0 saturated carbocycles. The zero-order chi connectivity index (χ0) is 10.9. The van der Waals surface area contributed by atoms with Gasteiger partial charge in [0.15, 0.2) is 0 Å². The highest BCUT2D eigenvalue weighted by molar-refractivity contribution is 4.89. The van der Waals surface area contributed by atoms with Gasteiger partial charge >= 0.3 is 0 Å². The lowest BCUT2D eigenvalue weighted by atomic mass is 9.70. The molecule has 2 aliphatic heterocycles. The van der Waals surface area contributed by atoms with Gasteiger partial charge in [-0.05, 0) is 50.9 Å². The predicted molar refractivity (Wildman–Crippen MR) is 60.9 cm³/mol. The first-order valence-electron chi connectivity index (χ1n) is 6.24. The average Bonchev–Trinajstić information content (AvgIpc) is 2.18. The largest absolute Gasteiger partial charge is 0.381 e. The molecule has 0 aromatic heterocycles. The molecule has 2 heteroatoms. The molecular formula is C13H24O2. The van der Waals surface area contributed by atoms with Crippen molar-refractivity contribution in [1.82, 2.24) is 0 Å². The van der Waals surface area contributed by atoms with Crippen LogP contribution in [0.1, 0.15) is 46.5 Å². The van der Waals surface area contributed by atoms with Crippen LogP contribution in [0.2, 0.25) is 0 Å². The van der Waals surface area contributed by atoms with Crippen LogP contribution in [0.4, 0.5) is 0 Å².